The molecule has 0 bridgehead atoms. The van der Waals surface area contributed by atoms with Crippen LogP contribution in [0.15, 0.2) is 41.1 Å². The molecule has 0 spiro atoms. The van der Waals surface area contributed by atoms with E-state index in [2.05, 4.69) is 53.5 Å². The average Bonchev–Trinajstić information content (AvgIpc) is 2.84. The molecule has 1 aromatic carbocycles. The Morgan fingerprint density at radius 3 is 2.67 bits per heavy atom. The van der Waals surface area contributed by atoms with E-state index in [9.17, 15) is 0 Å². The van der Waals surface area contributed by atoms with E-state index in [0.717, 1.165) is 5.92 Å². The molecular weight excluding hydrogens is 238 g/mol. The van der Waals surface area contributed by atoms with Crippen LogP contribution in [0.5, 0.6) is 0 Å². The van der Waals surface area contributed by atoms with Crippen LogP contribution in [0.1, 0.15) is 47.9 Å². The minimum atomic E-state index is 0.341. The van der Waals surface area contributed by atoms with Crippen LogP contribution in [0.25, 0.3) is 0 Å². The highest BCUT2D eigenvalue weighted by Crippen LogP contribution is 2.40. The highest BCUT2D eigenvalue weighted by Gasteiger charge is 2.25. The van der Waals surface area contributed by atoms with E-state index in [1.165, 1.54) is 30.4 Å². The zero-order valence-electron chi connectivity index (χ0n) is 10.7. The van der Waals surface area contributed by atoms with Crippen molar-refractivity contribution in [2.45, 2.75) is 31.2 Å². The van der Waals surface area contributed by atoms with Gasteiger partial charge in [-0.25, -0.2) is 0 Å². The zero-order chi connectivity index (χ0) is 12.4. The molecule has 0 saturated heterocycles. The molecule has 1 unspecified atom stereocenters. The Bertz CT molecular complexity index is 500. The monoisotopic (exact) mass is 257 g/mol. The molecule has 3 rings (SSSR count). The highest BCUT2D eigenvalue weighted by molar-refractivity contribution is 7.08. The summed E-state index contributed by atoms with van der Waals surface area (Å²) in [7, 11) is 2.06. The largest absolute Gasteiger partial charge is 0.309 e. The minimum Gasteiger partial charge on any atom is -0.309 e. The van der Waals surface area contributed by atoms with Gasteiger partial charge in [0.15, 0.2) is 0 Å². The van der Waals surface area contributed by atoms with Crippen LogP contribution in [0.3, 0.4) is 0 Å². The maximum absolute atomic E-state index is 3.47. The SMILES string of the molecule is CNC(c1ccsc1)c1ccccc1C1CCC1. The van der Waals surface area contributed by atoms with Crippen molar-refractivity contribution in [3.8, 4) is 0 Å². The van der Waals surface area contributed by atoms with Crippen molar-refractivity contribution in [2.24, 2.45) is 0 Å². The molecule has 0 amide bonds. The van der Waals surface area contributed by atoms with Crippen LogP contribution in [-0.2, 0) is 0 Å². The number of hydrogen-bond acceptors (Lipinski definition) is 2. The maximum atomic E-state index is 3.47. The molecular formula is C16H19NS. The van der Waals surface area contributed by atoms with Gasteiger partial charge in [-0.15, -0.1) is 0 Å². The molecule has 2 aromatic rings. The molecule has 1 atom stereocenters. The molecule has 1 saturated carbocycles. The molecule has 0 aliphatic heterocycles. The van der Waals surface area contributed by atoms with Gasteiger partial charge in [0.1, 0.15) is 0 Å². The first-order chi connectivity index (χ1) is 8.90. The molecule has 2 heteroatoms. The number of thiophene rings is 1. The first-order valence-corrected chi connectivity index (χ1v) is 7.62. The summed E-state index contributed by atoms with van der Waals surface area (Å²) in [5.74, 6) is 0.788. The van der Waals surface area contributed by atoms with Crippen LogP contribution >= 0.6 is 11.3 Å². The molecule has 1 N–H and O–H groups in total. The van der Waals surface area contributed by atoms with Gasteiger partial charge in [0.25, 0.3) is 0 Å². The lowest BCUT2D eigenvalue weighted by molar-refractivity contribution is 0.415. The van der Waals surface area contributed by atoms with Crippen LogP contribution in [-0.4, -0.2) is 7.05 Å². The minimum absolute atomic E-state index is 0.341. The third kappa shape index (κ3) is 2.11. The molecule has 1 aromatic heterocycles. The van der Waals surface area contributed by atoms with Gasteiger partial charge >= 0.3 is 0 Å². The summed E-state index contributed by atoms with van der Waals surface area (Å²) in [6.07, 6.45) is 4.11. The Labute approximate surface area is 113 Å². The number of benzene rings is 1. The molecule has 1 nitrogen and oxygen atoms in total. The summed E-state index contributed by atoms with van der Waals surface area (Å²) >= 11 is 1.77. The Hall–Kier alpha value is -1.12. The van der Waals surface area contributed by atoms with Gasteiger partial charge in [-0.2, -0.15) is 11.3 Å². The standard InChI is InChI=1S/C16H19NS/c1-17-16(13-9-10-18-11-13)15-8-3-2-7-14(15)12-5-4-6-12/h2-3,7-12,16-17H,4-6H2,1H3. The molecule has 0 radical (unpaired) electrons. The topological polar surface area (TPSA) is 12.0 Å². The summed E-state index contributed by atoms with van der Waals surface area (Å²) in [6.45, 7) is 0. The lowest BCUT2D eigenvalue weighted by Crippen LogP contribution is -2.21. The van der Waals surface area contributed by atoms with E-state index in [4.69, 9.17) is 0 Å². The molecule has 18 heavy (non-hydrogen) atoms. The zero-order valence-corrected chi connectivity index (χ0v) is 11.5. The molecule has 1 aliphatic rings. The summed E-state index contributed by atoms with van der Waals surface area (Å²) in [6, 6.07) is 11.5. The van der Waals surface area contributed by atoms with Gasteiger partial charge in [0.05, 0.1) is 6.04 Å². The van der Waals surface area contributed by atoms with Crippen molar-refractivity contribution in [3.05, 3.63) is 57.8 Å². The van der Waals surface area contributed by atoms with E-state index >= 15 is 0 Å². The first kappa shape index (κ1) is 11.9. The fourth-order valence-corrected chi connectivity index (χ4v) is 3.49. The Morgan fingerprint density at radius 1 is 1.22 bits per heavy atom. The quantitative estimate of drug-likeness (QED) is 0.860. The molecule has 1 aliphatic carbocycles. The van der Waals surface area contributed by atoms with Crippen molar-refractivity contribution < 1.29 is 0 Å². The Morgan fingerprint density at radius 2 is 2.06 bits per heavy atom. The van der Waals surface area contributed by atoms with Crippen molar-refractivity contribution in [3.63, 3.8) is 0 Å². The van der Waals surface area contributed by atoms with Crippen molar-refractivity contribution in [1.29, 1.82) is 0 Å². The summed E-state index contributed by atoms with van der Waals surface area (Å²) in [5.41, 5.74) is 4.40. The van der Waals surface area contributed by atoms with Crippen molar-refractivity contribution >= 4 is 11.3 Å². The van der Waals surface area contributed by atoms with Gasteiger partial charge < -0.3 is 5.32 Å². The average molecular weight is 257 g/mol. The Kier molecular flexibility index (Phi) is 3.48. The normalized spacial score (nSPS) is 17.4. The lowest BCUT2D eigenvalue weighted by atomic mass is 9.76. The summed E-state index contributed by atoms with van der Waals surface area (Å²) < 4.78 is 0. The fraction of sp³-hybridized carbons (Fsp3) is 0.375. The van der Waals surface area contributed by atoms with E-state index in [1.54, 1.807) is 16.9 Å². The van der Waals surface area contributed by atoms with E-state index in [1.807, 2.05) is 0 Å². The summed E-state index contributed by atoms with van der Waals surface area (Å²) in [5, 5.41) is 7.88. The van der Waals surface area contributed by atoms with Crippen LogP contribution < -0.4 is 5.32 Å². The van der Waals surface area contributed by atoms with Crippen LogP contribution in [0.2, 0.25) is 0 Å². The lowest BCUT2D eigenvalue weighted by Gasteiger charge is -2.30. The second-order valence-electron chi connectivity index (χ2n) is 5.04. The van der Waals surface area contributed by atoms with Gasteiger partial charge in [0, 0.05) is 0 Å². The maximum Gasteiger partial charge on any atom is 0.0585 e. The third-order valence-corrected chi connectivity index (χ3v) is 4.72. The predicted octanol–water partition coefficient (Wildman–Crippen LogP) is 4.32. The fourth-order valence-electron chi connectivity index (χ4n) is 2.81. The molecule has 1 fully saturated rings. The predicted molar refractivity (Wildman–Crippen MR) is 78.3 cm³/mol. The van der Waals surface area contributed by atoms with Gasteiger partial charge in [0.2, 0.25) is 0 Å². The first-order valence-electron chi connectivity index (χ1n) is 6.68. The van der Waals surface area contributed by atoms with Crippen molar-refractivity contribution in [2.75, 3.05) is 7.05 Å². The number of nitrogens with one attached hydrogen (secondary N) is 1. The highest BCUT2D eigenvalue weighted by atomic mass is 32.1. The van der Waals surface area contributed by atoms with Gasteiger partial charge in [-0.05, 0) is 59.3 Å². The second kappa shape index (κ2) is 5.25. The second-order valence-corrected chi connectivity index (χ2v) is 5.82. The smallest absolute Gasteiger partial charge is 0.0585 e. The van der Waals surface area contributed by atoms with Crippen LogP contribution in [0, 0.1) is 0 Å². The van der Waals surface area contributed by atoms with E-state index < -0.39 is 0 Å². The van der Waals surface area contributed by atoms with E-state index in [-0.39, 0.29) is 0 Å². The number of hydrogen-bond donors (Lipinski definition) is 1. The van der Waals surface area contributed by atoms with Crippen LogP contribution in [0.4, 0.5) is 0 Å². The van der Waals surface area contributed by atoms with E-state index in [0.29, 0.717) is 6.04 Å². The van der Waals surface area contributed by atoms with Crippen molar-refractivity contribution in [1.82, 2.24) is 5.32 Å². The molecule has 94 valence electrons. The number of rotatable bonds is 4. The van der Waals surface area contributed by atoms with Gasteiger partial charge in [-0.3, -0.25) is 0 Å². The third-order valence-electron chi connectivity index (χ3n) is 4.02. The summed E-state index contributed by atoms with van der Waals surface area (Å²) in [4.78, 5) is 0. The van der Waals surface area contributed by atoms with Gasteiger partial charge in [-0.1, -0.05) is 30.7 Å². The molecule has 1 heterocycles. The Balaban J connectivity index is 1.99.